The SMILES string of the molecule is Cc1ccc(C(=O)N[C@H](NC(=S)Nc2ccccc2)C(Cl)(Cl)Cl)cc1. The highest BCUT2D eigenvalue weighted by molar-refractivity contribution is 7.80. The number of rotatable bonds is 4. The van der Waals surface area contributed by atoms with Crippen LogP contribution in [0.5, 0.6) is 0 Å². The number of hydrogen-bond acceptors (Lipinski definition) is 2. The van der Waals surface area contributed by atoms with Crippen LogP contribution >= 0.6 is 47.0 Å². The van der Waals surface area contributed by atoms with E-state index in [1.54, 1.807) is 12.1 Å². The van der Waals surface area contributed by atoms with E-state index in [-0.39, 0.29) is 11.0 Å². The number of thiocarbonyl (C=S) groups is 1. The van der Waals surface area contributed by atoms with Crippen LogP contribution in [0.1, 0.15) is 15.9 Å². The summed E-state index contributed by atoms with van der Waals surface area (Å²) in [5.41, 5.74) is 2.27. The monoisotopic (exact) mass is 415 g/mol. The van der Waals surface area contributed by atoms with Crippen molar-refractivity contribution in [3.05, 3.63) is 65.7 Å². The summed E-state index contributed by atoms with van der Waals surface area (Å²) in [5.74, 6) is -0.383. The summed E-state index contributed by atoms with van der Waals surface area (Å²) in [6.07, 6.45) is -1.02. The molecule has 4 nitrogen and oxygen atoms in total. The van der Waals surface area contributed by atoms with E-state index in [1.165, 1.54) is 0 Å². The standard InChI is InChI=1S/C17H16Cl3N3OS/c1-11-7-9-12(10-8-11)14(24)22-15(17(18,19)20)23-16(25)21-13-5-3-2-4-6-13/h2-10,15H,1H3,(H,22,24)(H2,21,23,25)/t15-/m1/s1. The molecule has 0 aliphatic heterocycles. The summed E-state index contributed by atoms with van der Waals surface area (Å²) in [7, 11) is 0. The van der Waals surface area contributed by atoms with Crippen LogP contribution in [0.15, 0.2) is 54.6 Å². The number of aryl methyl sites for hydroxylation is 1. The van der Waals surface area contributed by atoms with Gasteiger partial charge >= 0.3 is 0 Å². The van der Waals surface area contributed by atoms with E-state index in [0.29, 0.717) is 5.56 Å². The number of para-hydroxylation sites is 1. The van der Waals surface area contributed by atoms with Crippen molar-refractivity contribution in [1.29, 1.82) is 0 Å². The Kier molecular flexibility index (Phi) is 6.90. The lowest BCUT2D eigenvalue weighted by molar-refractivity contribution is 0.0934. The van der Waals surface area contributed by atoms with Gasteiger partial charge in [-0.25, -0.2) is 0 Å². The molecule has 25 heavy (non-hydrogen) atoms. The first-order valence-electron chi connectivity index (χ1n) is 7.32. The Labute approximate surface area is 166 Å². The third-order valence-corrected chi connectivity index (χ3v) is 4.10. The van der Waals surface area contributed by atoms with Crippen molar-refractivity contribution < 1.29 is 4.79 Å². The maximum atomic E-state index is 12.4. The average molecular weight is 417 g/mol. The van der Waals surface area contributed by atoms with Crippen LogP contribution in [0.25, 0.3) is 0 Å². The number of anilines is 1. The maximum Gasteiger partial charge on any atom is 0.252 e. The predicted octanol–water partition coefficient (Wildman–Crippen LogP) is 4.41. The van der Waals surface area contributed by atoms with Crippen LogP contribution in [0.4, 0.5) is 5.69 Å². The van der Waals surface area contributed by atoms with Crippen molar-refractivity contribution in [3.63, 3.8) is 0 Å². The number of nitrogens with one attached hydrogen (secondary N) is 3. The molecule has 0 aliphatic carbocycles. The van der Waals surface area contributed by atoms with E-state index in [2.05, 4.69) is 16.0 Å². The molecule has 8 heteroatoms. The van der Waals surface area contributed by atoms with Gasteiger partial charge in [0.25, 0.3) is 5.91 Å². The zero-order valence-corrected chi connectivity index (χ0v) is 16.3. The molecule has 1 atom stereocenters. The van der Waals surface area contributed by atoms with Crippen molar-refractivity contribution in [1.82, 2.24) is 10.6 Å². The van der Waals surface area contributed by atoms with E-state index in [4.69, 9.17) is 47.0 Å². The first-order chi connectivity index (χ1) is 11.8. The molecule has 0 aliphatic rings. The Morgan fingerprint density at radius 3 is 2.16 bits per heavy atom. The van der Waals surface area contributed by atoms with Crippen molar-refractivity contribution in [2.75, 3.05) is 5.32 Å². The fraction of sp³-hybridized carbons (Fsp3) is 0.176. The highest BCUT2D eigenvalue weighted by Gasteiger charge is 2.34. The van der Waals surface area contributed by atoms with Crippen molar-refractivity contribution in [2.45, 2.75) is 16.9 Å². The summed E-state index contributed by atoms with van der Waals surface area (Å²) in [6, 6.07) is 16.3. The number of benzene rings is 2. The lowest BCUT2D eigenvalue weighted by Gasteiger charge is -2.27. The average Bonchev–Trinajstić information content (AvgIpc) is 2.54. The molecule has 3 N–H and O–H groups in total. The highest BCUT2D eigenvalue weighted by atomic mass is 35.6. The molecule has 0 fully saturated rings. The first kappa shape index (κ1) is 19.8. The van der Waals surface area contributed by atoms with E-state index >= 15 is 0 Å². The molecule has 2 aromatic rings. The fourth-order valence-electron chi connectivity index (χ4n) is 1.94. The maximum absolute atomic E-state index is 12.4. The molecule has 0 saturated heterocycles. The van der Waals surface area contributed by atoms with Crippen LogP contribution in [0.3, 0.4) is 0 Å². The van der Waals surface area contributed by atoms with Crippen LogP contribution in [0, 0.1) is 6.92 Å². The molecule has 2 aromatic carbocycles. The highest BCUT2D eigenvalue weighted by Crippen LogP contribution is 2.29. The molecule has 0 unspecified atom stereocenters. The van der Waals surface area contributed by atoms with Crippen molar-refractivity contribution in [3.8, 4) is 0 Å². The van der Waals surface area contributed by atoms with Gasteiger partial charge in [0.05, 0.1) is 0 Å². The molecule has 0 radical (unpaired) electrons. The molecule has 132 valence electrons. The second-order valence-electron chi connectivity index (χ2n) is 5.28. The summed E-state index contributed by atoms with van der Waals surface area (Å²) in [5, 5.41) is 8.62. The number of carbonyl (C=O) groups excluding carboxylic acids is 1. The minimum Gasteiger partial charge on any atom is -0.339 e. The van der Waals surface area contributed by atoms with Gasteiger partial charge in [-0.15, -0.1) is 0 Å². The van der Waals surface area contributed by atoms with Gasteiger partial charge in [-0.05, 0) is 43.4 Å². The van der Waals surface area contributed by atoms with E-state index in [0.717, 1.165) is 11.3 Å². The van der Waals surface area contributed by atoms with Gasteiger partial charge in [0, 0.05) is 11.3 Å². The van der Waals surface area contributed by atoms with Gasteiger partial charge in [0.1, 0.15) is 6.17 Å². The molecule has 0 spiro atoms. The minimum absolute atomic E-state index is 0.215. The molecule has 1 amide bonds. The molecule has 2 rings (SSSR count). The zero-order chi connectivity index (χ0) is 18.4. The summed E-state index contributed by atoms with van der Waals surface area (Å²) in [6.45, 7) is 1.93. The van der Waals surface area contributed by atoms with Gasteiger partial charge in [-0.2, -0.15) is 0 Å². The Hall–Kier alpha value is -1.53. The summed E-state index contributed by atoms with van der Waals surface area (Å²) >= 11 is 23.1. The molecular formula is C17H16Cl3N3OS. The van der Waals surface area contributed by atoms with Crippen LogP contribution in [0.2, 0.25) is 0 Å². The topological polar surface area (TPSA) is 53.2 Å². The Balaban J connectivity index is 2.04. The lowest BCUT2D eigenvalue weighted by Crippen LogP contribution is -2.56. The second kappa shape index (κ2) is 8.72. The Morgan fingerprint density at radius 2 is 1.60 bits per heavy atom. The number of amides is 1. The number of halogens is 3. The second-order valence-corrected chi connectivity index (χ2v) is 8.06. The zero-order valence-electron chi connectivity index (χ0n) is 13.2. The molecule has 0 bridgehead atoms. The van der Waals surface area contributed by atoms with Gasteiger partial charge in [0.2, 0.25) is 3.79 Å². The van der Waals surface area contributed by atoms with Crippen molar-refractivity contribution >= 4 is 63.7 Å². The predicted molar refractivity (Wildman–Crippen MR) is 109 cm³/mol. The third-order valence-electron chi connectivity index (χ3n) is 3.22. The van der Waals surface area contributed by atoms with Gasteiger partial charge < -0.3 is 16.0 Å². The number of hydrogen-bond donors (Lipinski definition) is 3. The van der Waals surface area contributed by atoms with Gasteiger partial charge in [-0.1, -0.05) is 70.7 Å². The van der Waals surface area contributed by atoms with E-state index < -0.39 is 9.96 Å². The molecule has 0 saturated carbocycles. The number of alkyl halides is 3. The number of carbonyl (C=O) groups is 1. The minimum atomic E-state index is -1.80. The first-order valence-corrected chi connectivity index (χ1v) is 8.87. The largest absolute Gasteiger partial charge is 0.339 e. The fourth-order valence-corrected chi connectivity index (χ4v) is 2.50. The smallest absolute Gasteiger partial charge is 0.252 e. The summed E-state index contributed by atoms with van der Waals surface area (Å²) in [4.78, 5) is 12.4. The van der Waals surface area contributed by atoms with Crippen molar-refractivity contribution in [2.24, 2.45) is 0 Å². The van der Waals surface area contributed by atoms with Gasteiger partial charge in [0.15, 0.2) is 5.11 Å². The van der Waals surface area contributed by atoms with Crippen LogP contribution in [-0.2, 0) is 0 Å². The normalized spacial score (nSPS) is 12.2. The summed E-state index contributed by atoms with van der Waals surface area (Å²) < 4.78 is -1.80. The van der Waals surface area contributed by atoms with Crippen LogP contribution < -0.4 is 16.0 Å². The van der Waals surface area contributed by atoms with Gasteiger partial charge in [-0.3, -0.25) is 4.79 Å². The van der Waals surface area contributed by atoms with E-state index in [9.17, 15) is 4.79 Å². The Bertz CT molecular complexity index is 733. The lowest BCUT2D eigenvalue weighted by atomic mass is 10.1. The Morgan fingerprint density at radius 1 is 1.00 bits per heavy atom. The van der Waals surface area contributed by atoms with E-state index in [1.807, 2.05) is 49.4 Å². The molecule has 0 aromatic heterocycles. The quantitative estimate of drug-likeness (QED) is 0.393. The third kappa shape index (κ3) is 6.36. The molecule has 0 heterocycles. The van der Waals surface area contributed by atoms with Crippen LogP contribution in [-0.4, -0.2) is 21.0 Å². The molecular weight excluding hydrogens is 401 g/mol.